The number of hydrogen-bond acceptors (Lipinski definition) is 3. The number of nitrogens with one attached hydrogen (secondary N) is 1. The summed E-state index contributed by atoms with van der Waals surface area (Å²) in [6.45, 7) is 5.09. The van der Waals surface area contributed by atoms with Crippen molar-refractivity contribution in [3.63, 3.8) is 0 Å². The number of aromatic nitrogens is 2. The van der Waals surface area contributed by atoms with E-state index in [1.54, 1.807) is 6.20 Å². The summed E-state index contributed by atoms with van der Waals surface area (Å²) in [5.74, 6) is 0.849. The molecule has 0 aliphatic carbocycles. The molecular weight excluding hydrogens is 242 g/mol. The van der Waals surface area contributed by atoms with Crippen molar-refractivity contribution in [3.8, 4) is 0 Å². The van der Waals surface area contributed by atoms with Crippen molar-refractivity contribution in [2.75, 3.05) is 11.9 Å². The molecular formula is C10H14BrN3. The van der Waals surface area contributed by atoms with Gasteiger partial charge in [-0.1, -0.05) is 11.6 Å². The van der Waals surface area contributed by atoms with Crippen LogP contribution in [0, 0.1) is 0 Å². The number of rotatable bonds is 4. The van der Waals surface area contributed by atoms with Gasteiger partial charge in [0.2, 0.25) is 0 Å². The molecule has 1 aromatic rings. The van der Waals surface area contributed by atoms with Crippen LogP contribution in [0.25, 0.3) is 0 Å². The summed E-state index contributed by atoms with van der Waals surface area (Å²) in [5, 5.41) is 3.23. The maximum atomic E-state index is 4.11. The zero-order valence-electron chi connectivity index (χ0n) is 8.42. The molecule has 0 fully saturated rings. The summed E-state index contributed by atoms with van der Waals surface area (Å²) in [7, 11) is 0. The molecule has 76 valence electrons. The Labute approximate surface area is 92.8 Å². The van der Waals surface area contributed by atoms with Gasteiger partial charge in [-0.05, 0) is 36.2 Å². The van der Waals surface area contributed by atoms with Crippen molar-refractivity contribution in [3.05, 3.63) is 28.6 Å². The van der Waals surface area contributed by atoms with E-state index in [1.165, 1.54) is 11.9 Å². The van der Waals surface area contributed by atoms with Gasteiger partial charge in [0.15, 0.2) is 0 Å². The molecule has 0 aliphatic heterocycles. The maximum Gasteiger partial charge on any atom is 0.143 e. The maximum absolute atomic E-state index is 4.11. The molecule has 1 rings (SSSR count). The van der Waals surface area contributed by atoms with Crippen molar-refractivity contribution in [2.45, 2.75) is 20.3 Å². The topological polar surface area (TPSA) is 37.8 Å². The van der Waals surface area contributed by atoms with Crippen LogP contribution >= 0.6 is 15.9 Å². The van der Waals surface area contributed by atoms with Gasteiger partial charge in [-0.2, -0.15) is 0 Å². The Morgan fingerprint density at radius 3 is 3.00 bits per heavy atom. The fourth-order valence-electron chi connectivity index (χ4n) is 0.994. The van der Waals surface area contributed by atoms with E-state index in [1.807, 2.05) is 0 Å². The largest absolute Gasteiger partial charge is 0.369 e. The second kappa shape index (κ2) is 5.75. The summed E-state index contributed by atoms with van der Waals surface area (Å²) >= 11 is 3.37. The first-order valence-corrected chi connectivity index (χ1v) is 5.32. The van der Waals surface area contributed by atoms with E-state index < -0.39 is 0 Å². The van der Waals surface area contributed by atoms with Gasteiger partial charge in [-0.3, -0.25) is 0 Å². The molecule has 0 spiro atoms. The van der Waals surface area contributed by atoms with E-state index in [0.29, 0.717) is 0 Å². The van der Waals surface area contributed by atoms with Crippen LogP contribution in [0.15, 0.2) is 28.6 Å². The van der Waals surface area contributed by atoms with Gasteiger partial charge in [0.1, 0.15) is 12.1 Å². The fraction of sp³-hybridized carbons (Fsp3) is 0.400. The molecule has 14 heavy (non-hydrogen) atoms. The second-order valence-electron chi connectivity index (χ2n) is 3.22. The highest BCUT2D eigenvalue weighted by atomic mass is 79.9. The van der Waals surface area contributed by atoms with Crippen molar-refractivity contribution < 1.29 is 0 Å². The lowest BCUT2D eigenvalue weighted by Gasteiger charge is -2.04. The van der Waals surface area contributed by atoms with Gasteiger partial charge in [0, 0.05) is 12.7 Å². The van der Waals surface area contributed by atoms with E-state index >= 15 is 0 Å². The van der Waals surface area contributed by atoms with Crippen LogP contribution in [0.2, 0.25) is 0 Å². The summed E-state index contributed by atoms with van der Waals surface area (Å²) < 4.78 is 0.900. The van der Waals surface area contributed by atoms with Crippen molar-refractivity contribution in [2.24, 2.45) is 0 Å². The zero-order valence-corrected chi connectivity index (χ0v) is 10.0. The third kappa shape index (κ3) is 3.87. The average molecular weight is 256 g/mol. The summed E-state index contributed by atoms with van der Waals surface area (Å²) in [6.07, 6.45) is 6.48. The van der Waals surface area contributed by atoms with Crippen molar-refractivity contribution >= 4 is 21.7 Å². The number of halogens is 1. The first-order valence-electron chi connectivity index (χ1n) is 4.53. The molecule has 0 saturated heterocycles. The van der Waals surface area contributed by atoms with Crippen LogP contribution in [-0.2, 0) is 0 Å². The molecule has 1 aromatic heterocycles. The first-order chi connectivity index (χ1) is 6.70. The summed E-state index contributed by atoms with van der Waals surface area (Å²) in [5.41, 5.74) is 1.34. The van der Waals surface area contributed by atoms with E-state index in [2.05, 4.69) is 51.1 Å². The lowest BCUT2D eigenvalue weighted by Crippen LogP contribution is -2.03. The van der Waals surface area contributed by atoms with Crippen LogP contribution in [0.1, 0.15) is 20.3 Å². The molecule has 0 aromatic carbocycles. The predicted molar refractivity (Wildman–Crippen MR) is 62.3 cm³/mol. The van der Waals surface area contributed by atoms with Gasteiger partial charge < -0.3 is 5.32 Å². The Bertz CT molecular complexity index is 319. The average Bonchev–Trinajstić information content (AvgIpc) is 2.15. The quantitative estimate of drug-likeness (QED) is 0.664. The third-order valence-corrected chi connectivity index (χ3v) is 2.24. The summed E-state index contributed by atoms with van der Waals surface area (Å²) in [4.78, 5) is 8.00. The Kier molecular flexibility index (Phi) is 4.59. The SMILES string of the molecule is CC(C)=CCCNc1ncncc1Br. The van der Waals surface area contributed by atoms with Crippen LogP contribution in [0.3, 0.4) is 0 Å². The highest BCUT2D eigenvalue weighted by Crippen LogP contribution is 2.16. The van der Waals surface area contributed by atoms with Crippen molar-refractivity contribution in [1.29, 1.82) is 0 Å². The predicted octanol–water partition coefficient (Wildman–Crippen LogP) is 3.01. The first kappa shape index (κ1) is 11.2. The van der Waals surface area contributed by atoms with E-state index in [-0.39, 0.29) is 0 Å². The van der Waals surface area contributed by atoms with Crippen LogP contribution in [-0.4, -0.2) is 16.5 Å². The smallest absolute Gasteiger partial charge is 0.143 e. The number of hydrogen-bond donors (Lipinski definition) is 1. The highest BCUT2D eigenvalue weighted by molar-refractivity contribution is 9.10. The summed E-state index contributed by atoms with van der Waals surface area (Å²) in [6, 6.07) is 0. The van der Waals surface area contributed by atoms with Gasteiger partial charge in [-0.25, -0.2) is 9.97 Å². The molecule has 3 nitrogen and oxygen atoms in total. The minimum Gasteiger partial charge on any atom is -0.369 e. The lowest BCUT2D eigenvalue weighted by molar-refractivity contribution is 1.02. The standard InChI is InChI=1S/C10H14BrN3/c1-8(2)4-3-5-13-10-9(11)6-12-7-14-10/h4,6-7H,3,5H2,1-2H3,(H,12,13,14). The zero-order chi connectivity index (χ0) is 10.4. The molecule has 1 heterocycles. The van der Waals surface area contributed by atoms with E-state index in [9.17, 15) is 0 Å². The molecule has 4 heteroatoms. The van der Waals surface area contributed by atoms with Gasteiger partial charge in [0.05, 0.1) is 4.47 Å². The monoisotopic (exact) mass is 255 g/mol. The normalized spacial score (nSPS) is 9.64. The Morgan fingerprint density at radius 2 is 2.36 bits per heavy atom. The molecule has 0 aliphatic rings. The van der Waals surface area contributed by atoms with Gasteiger partial charge in [0.25, 0.3) is 0 Å². The minimum atomic E-state index is 0.849. The molecule has 0 unspecified atom stereocenters. The van der Waals surface area contributed by atoms with Crippen LogP contribution in [0.4, 0.5) is 5.82 Å². The van der Waals surface area contributed by atoms with E-state index in [4.69, 9.17) is 0 Å². The number of nitrogens with zero attached hydrogens (tertiary/aromatic N) is 2. The molecule has 0 radical (unpaired) electrons. The second-order valence-corrected chi connectivity index (χ2v) is 4.07. The Morgan fingerprint density at radius 1 is 1.57 bits per heavy atom. The highest BCUT2D eigenvalue weighted by Gasteiger charge is 1.97. The van der Waals surface area contributed by atoms with Crippen LogP contribution in [0.5, 0.6) is 0 Å². The van der Waals surface area contributed by atoms with E-state index in [0.717, 1.165) is 23.3 Å². The third-order valence-electron chi connectivity index (χ3n) is 1.66. The lowest BCUT2D eigenvalue weighted by atomic mass is 10.3. The molecule has 0 amide bonds. The van der Waals surface area contributed by atoms with Gasteiger partial charge in [-0.15, -0.1) is 0 Å². The Balaban J connectivity index is 2.39. The molecule has 0 saturated carbocycles. The number of anilines is 1. The molecule has 0 atom stereocenters. The minimum absolute atomic E-state index is 0.849. The van der Waals surface area contributed by atoms with Crippen molar-refractivity contribution in [1.82, 2.24) is 9.97 Å². The van der Waals surface area contributed by atoms with Crippen LogP contribution < -0.4 is 5.32 Å². The molecule has 0 bridgehead atoms. The number of allylic oxidation sites excluding steroid dienone is 1. The fourth-order valence-corrected chi connectivity index (χ4v) is 1.35. The van der Waals surface area contributed by atoms with Gasteiger partial charge >= 0.3 is 0 Å². The molecule has 1 N–H and O–H groups in total. The Hall–Kier alpha value is -0.900.